The fourth-order valence-electron chi connectivity index (χ4n) is 1.45. The molecule has 0 aliphatic rings. The standard InChI is InChI=1S/C12H10FNO3/c1-14(2)12(16)11-6-9(15)8-4-3-7(13)5-10(8)17-11/h3-6H,1-2H3. The van der Waals surface area contributed by atoms with Gasteiger partial charge in [-0.25, -0.2) is 4.39 Å². The number of hydrogen-bond acceptors (Lipinski definition) is 3. The average molecular weight is 235 g/mol. The van der Waals surface area contributed by atoms with E-state index < -0.39 is 11.7 Å². The minimum absolute atomic E-state index is 0.0719. The van der Waals surface area contributed by atoms with Crippen molar-refractivity contribution < 1.29 is 13.6 Å². The average Bonchev–Trinajstić information content (AvgIpc) is 2.27. The summed E-state index contributed by atoms with van der Waals surface area (Å²) in [7, 11) is 3.08. The van der Waals surface area contributed by atoms with Crippen LogP contribution < -0.4 is 5.43 Å². The van der Waals surface area contributed by atoms with Gasteiger partial charge in [0.1, 0.15) is 11.4 Å². The van der Waals surface area contributed by atoms with Crippen LogP contribution in [-0.2, 0) is 0 Å². The molecule has 1 aromatic carbocycles. The number of benzene rings is 1. The molecule has 4 nitrogen and oxygen atoms in total. The second kappa shape index (κ2) is 4.01. The van der Waals surface area contributed by atoms with Crippen molar-refractivity contribution in [1.29, 1.82) is 0 Å². The van der Waals surface area contributed by atoms with Gasteiger partial charge in [0.2, 0.25) is 0 Å². The predicted molar refractivity (Wildman–Crippen MR) is 60.5 cm³/mol. The Bertz CT molecular complexity index is 646. The topological polar surface area (TPSA) is 50.5 Å². The number of halogens is 1. The van der Waals surface area contributed by atoms with Crippen LogP contribution in [0.15, 0.2) is 33.5 Å². The first-order valence-corrected chi connectivity index (χ1v) is 4.94. The van der Waals surface area contributed by atoms with Crippen molar-refractivity contribution in [2.45, 2.75) is 0 Å². The second-order valence-corrected chi connectivity index (χ2v) is 3.81. The maximum Gasteiger partial charge on any atom is 0.289 e. The van der Waals surface area contributed by atoms with Crippen LogP contribution in [0, 0.1) is 5.82 Å². The first-order chi connectivity index (χ1) is 7.99. The van der Waals surface area contributed by atoms with Crippen molar-refractivity contribution in [2.75, 3.05) is 14.1 Å². The van der Waals surface area contributed by atoms with E-state index >= 15 is 0 Å². The van der Waals surface area contributed by atoms with Gasteiger partial charge in [-0.1, -0.05) is 0 Å². The first kappa shape index (κ1) is 11.3. The molecule has 5 heteroatoms. The molecule has 1 heterocycles. The number of hydrogen-bond donors (Lipinski definition) is 0. The summed E-state index contributed by atoms with van der Waals surface area (Å²) >= 11 is 0. The van der Waals surface area contributed by atoms with Gasteiger partial charge in [0.25, 0.3) is 5.91 Å². The third kappa shape index (κ3) is 2.04. The zero-order valence-electron chi connectivity index (χ0n) is 9.36. The Morgan fingerprint density at radius 3 is 2.65 bits per heavy atom. The molecule has 17 heavy (non-hydrogen) atoms. The van der Waals surface area contributed by atoms with Crippen molar-refractivity contribution in [3.05, 3.63) is 46.1 Å². The molecule has 0 bridgehead atoms. The second-order valence-electron chi connectivity index (χ2n) is 3.81. The molecule has 0 atom stereocenters. The lowest BCUT2D eigenvalue weighted by Crippen LogP contribution is -2.22. The van der Waals surface area contributed by atoms with Gasteiger partial charge in [-0.15, -0.1) is 0 Å². The molecule has 0 saturated heterocycles. The first-order valence-electron chi connectivity index (χ1n) is 4.94. The van der Waals surface area contributed by atoms with Crippen molar-refractivity contribution in [2.24, 2.45) is 0 Å². The van der Waals surface area contributed by atoms with E-state index in [-0.39, 0.29) is 22.2 Å². The van der Waals surface area contributed by atoms with Crippen molar-refractivity contribution in [3.8, 4) is 0 Å². The molecule has 0 N–H and O–H groups in total. The van der Waals surface area contributed by atoms with E-state index in [2.05, 4.69) is 0 Å². The minimum Gasteiger partial charge on any atom is -0.451 e. The third-order valence-electron chi connectivity index (χ3n) is 2.31. The number of nitrogens with zero attached hydrogens (tertiary/aromatic N) is 1. The van der Waals surface area contributed by atoms with Crippen LogP contribution in [0.5, 0.6) is 0 Å². The largest absolute Gasteiger partial charge is 0.451 e. The van der Waals surface area contributed by atoms with Crippen molar-refractivity contribution in [1.82, 2.24) is 4.90 Å². The van der Waals surface area contributed by atoms with Gasteiger partial charge in [-0.05, 0) is 12.1 Å². The Labute approximate surface area is 96.3 Å². The van der Waals surface area contributed by atoms with Crippen molar-refractivity contribution >= 4 is 16.9 Å². The number of carbonyl (C=O) groups excluding carboxylic acids is 1. The van der Waals surface area contributed by atoms with Gasteiger partial charge in [-0.3, -0.25) is 9.59 Å². The van der Waals surface area contributed by atoms with Crippen LogP contribution in [0.2, 0.25) is 0 Å². The molecule has 88 valence electrons. The maximum absolute atomic E-state index is 13.0. The highest BCUT2D eigenvalue weighted by molar-refractivity contribution is 5.92. The lowest BCUT2D eigenvalue weighted by atomic mass is 10.2. The molecule has 0 unspecified atom stereocenters. The number of fused-ring (bicyclic) bond motifs is 1. The Balaban J connectivity index is 2.70. The zero-order valence-corrected chi connectivity index (χ0v) is 9.36. The van der Waals surface area contributed by atoms with E-state index in [1.165, 1.54) is 31.1 Å². The molecule has 1 aromatic heterocycles. The molecule has 2 aromatic rings. The summed E-state index contributed by atoms with van der Waals surface area (Å²) in [5, 5.41) is 0.252. The van der Waals surface area contributed by atoms with E-state index in [9.17, 15) is 14.0 Å². The number of amides is 1. The van der Waals surface area contributed by atoms with Gasteiger partial charge >= 0.3 is 0 Å². The Morgan fingerprint density at radius 2 is 2.00 bits per heavy atom. The van der Waals surface area contributed by atoms with Gasteiger partial charge in [0.05, 0.1) is 5.39 Å². The molecule has 0 aliphatic heterocycles. The summed E-state index contributed by atoms with van der Waals surface area (Å²) in [4.78, 5) is 24.6. The quantitative estimate of drug-likeness (QED) is 0.754. The van der Waals surface area contributed by atoms with Crippen LogP contribution in [-0.4, -0.2) is 24.9 Å². The fourth-order valence-corrected chi connectivity index (χ4v) is 1.45. The molecular formula is C12H10FNO3. The molecule has 0 spiro atoms. The van der Waals surface area contributed by atoms with Gasteiger partial charge in [0, 0.05) is 26.2 Å². The van der Waals surface area contributed by atoms with Gasteiger partial charge in [0.15, 0.2) is 11.2 Å². The summed E-state index contributed by atoms with van der Waals surface area (Å²) in [6, 6.07) is 4.71. The summed E-state index contributed by atoms with van der Waals surface area (Å²) in [5.74, 6) is -1.05. The van der Waals surface area contributed by atoms with Crippen molar-refractivity contribution in [3.63, 3.8) is 0 Å². The molecule has 0 saturated carbocycles. The molecular weight excluding hydrogens is 225 g/mol. The Kier molecular flexibility index (Phi) is 2.67. The third-order valence-corrected chi connectivity index (χ3v) is 2.31. The summed E-state index contributed by atoms with van der Waals surface area (Å²) in [6.45, 7) is 0. The normalized spacial score (nSPS) is 10.5. The highest BCUT2D eigenvalue weighted by Gasteiger charge is 2.14. The molecule has 1 amide bonds. The van der Waals surface area contributed by atoms with Crippen LogP contribution in [0.25, 0.3) is 11.0 Å². The van der Waals surface area contributed by atoms with E-state index in [1.807, 2.05) is 0 Å². The molecule has 0 aliphatic carbocycles. The van der Waals surface area contributed by atoms with Crippen LogP contribution in [0.4, 0.5) is 4.39 Å². The minimum atomic E-state index is -0.518. The summed E-state index contributed by atoms with van der Waals surface area (Å²) in [5.41, 5.74) is -0.292. The zero-order chi connectivity index (χ0) is 12.6. The lowest BCUT2D eigenvalue weighted by Gasteiger charge is -2.09. The fraction of sp³-hybridized carbons (Fsp3) is 0.167. The Hall–Kier alpha value is -2.17. The predicted octanol–water partition coefficient (Wildman–Crippen LogP) is 1.63. The lowest BCUT2D eigenvalue weighted by molar-refractivity contribution is 0.0797. The summed E-state index contributed by atoms with van der Waals surface area (Å²) < 4.78 is 18.2. The molecule has 2 rings (SSSR count). The highest BCUT2D eigenvalue weighted by Crippen LogP contribution is 2.14. The van der Waals surface area contributed by atoms with E-state index in [4.69, 9.17) is 4.42 Å². The van der Waals surface area contributed by atoms with Crippen LogP contribution in [0.1, 0.15) is 10.6 Å². The summed E-state index contributed by atoms with van der Waals surface area (Å²) in [6.07, 6.45) is 0. The Morgan fingerprint density at radius 1 is 1.29 bits per heavy atom. The van der Waals surface area contributed by atoms with Crippen LogP contribution >= 0.6 is 0 Å². The molecule has 0 radical (unpaired) electrons. The van der Waals surface area contributed by atoms with Crippen LogP contribution in [0.3, 0.4) is 0 Å². The maximum atomic E-state index is 13.0. The SMILES string of the molecule is CN(C)C(=O)c1cc(=O)c2ccc(F)cc2o1. The van der Waals surface area contributed by atoms with E-state index in [0.717, 1.165) is 12.1 Å². The molecule has 0 fully saturated rings. The highest BCUT2D eigenvalue weighted by atomic mass is 19.1. The number of carbonyl (C=O) groups is 1. The van der Waals surface area contributed by atoms with E-state index in [0.29, 0.717) is 0 Å². The smallest absolute Gasteiger partial charge is 0.289 e. The van der Waals surface area contributed by atoms with Gasteiger partial charge in [-0.2, -0.15) is 0 Å². The van der Waals surface area contributed by atoms with E-state index in [1.54, 1.807) is 0 Å². The number of rotatable bonds is 1. The monoisotopic (exact) mass is 235 g/mol. The van der Waals surface area contributed by atoms with Gasteiger partial charge < -0.3 is 9.32 Å².